The summed E-state index contributed by atoms with van der Waals surface area (Å²) < 4.78 is 46.5. The van der Waals surface area contributed by atoms with Crippen LogP contribution in [-0.2, 0) is 6.42 Å². The SMILES string of the molecule is Oc1ccc2c(c1)CCCC(C1=CCC(F)(F)CC1)=C2c1ccc(O[C@H]2CCN(CCCF)C2)cc1. The van der Waals surface area contributed by atoms with Gasteiger partial charge in [0.25, 0.3) is 5.92 Å². The Balaban J connectivity index is 1.44. The minimum absolute atomic E-state index is 0.0980. The molecule has 36 heavy (non-hydrogen) atoms. The molecule has 2 aromatic rings. The first-order valence-electron chi connectivity index (χ1n) is 13.1. The Morgan fingerprint density at radius 2 is 1.89 bits per heavy atom. The molecular formula is C30H34F3NO2. The molecule has 0 spiro atoms. The summed E-state index contributed by atoms with van der Waals surface area (Å²) in [5, 5.41) is 10.1. The zero-order chi connectivity index (χ0) is 25.1. The first-order valence-corrected chi connectivity index (χ1v) is 13.1. The molecular weight excluding hydrogens is 463 g/mol. The number of phenols is 1. The van der Waals surface area contributed by atoms with Crippen LogP contribution in [0.2, 0.25) is 0 Å². The van der Waals surface area contributed by atoms with Crippen molar-refractivity contribution in [3.05, 3.63) is 76.4 Å². The molecule has 1 aliphatic heterocycles. The smallest absolute Gasteiger partial charge is 0.251 e. The van der Waals surface area contributed by atoms with Crippen LogP contribution in [0.25, 0.3) is 5.57 Å². The Morgan fingerprint density at radius 1 is 1.06 bits per heavy atom. The van der Waals surface area contributed by atoms with Gasteiger partial charge in [0.05, 0.1) is 6.67 Å². The normalized spacial score (nSPS) is 22.2. The van der Waals surface area contributed by atoms with E-state index in [1.807, 2.05) is 24.3 Å². The number of allylic oxidation sites excluding steroid dienone is 3. The Bertz CT molecular complexity index is 1140. The number of benzene rings is 2. The number of hydrogen-bond acceptors (Lipinski definition) is 3. The minimum atomic E-state index is -2.63. The average Bonchev–Trinajstić information content (AvgIpc) is 3.22. The third-order valence-corrected chi connectivity index (χ3v) is 7.61. The highest BCUT2D eigenvalue weighted by molar-refractivity contribution is 5.87. The molecule has 192 valence electrons. The number of alkyl halides is 3. The monoisotopic (exact) mass is 497 g/mol. The van der Waals surface area contributed by atoms with E-state index >= 15 is 0 Å². The van der Waals surface area contributed by atoms with Crippen molar-refractivity contribution in [2.45, 2.75) is 63.4 Å². The molecule has 2 aromatic carbocycles. The Hall–Kier alpha value is -2.73. The second-order valence-electron chi connectivity index (χ2n) is 10.2. The molecule has 0 saturated carbocycles. The lowest BCUT2D eigenvalue weighted by Crippen LogP contribution is -2.26. The minimum Gasteiger partial charge on any atom is -0.508 e. The second-order valence-corrected chi connectivity index (χ2v) is 10.2. The Kier molecular flexibility index (Phi) is 7.42. The summed E-state index contributed by atoms with van der Waals surface area (Å²) in [5.74, 6) is -1.58. The van der Waals surface area contributed by atoms with Crippen molar-refractivity contribution in [2.75, 3.05) is 26.3 Å². The predicted molar refractivity (Wildman–Crippen MR) is 136 cm³/mol. The zero-order valence-corrected chi connectivity index (χ0v) is 20.6. The number of fused-ring (bicyclic) bond motifs is 1. The lowest BCUT2D eigenvalue weighted by Gasteiger charge is -2.25. The summed E-state index contributed by atoms with van der Waals surface area (Å²) in [4.78, 5) is 2.25. The lowest BCUT2D eigenvalue weighted by atomic mass is 9.83. The van der Waals surface area contributed by atoms with Gasteiger partial charge in [-0.1, -0.05) is 24.3 Å². The summed E-state index contributed by atoms with van der Waals surface area (Å²) in [6, 6.07) is 13.6. The fraction of sp³-hybridized carbons (Fsp3) is 0.467. The van der Waals surface area contributed by atoms with Crippen molar-refractivity contribution in [1.29, 1.82) is 0 Å². The zero-order valence-electron chi connectivity index (χ0n) is 20.6. The molecule has 3 aliphatic rings. The summed E-state index contributed by atoms with van der Waals surface area (Å²) in [6.45, 7) is 2.22. The lowest BCUT2D eigenvalue weighted by molar-refractivity contribution is -0.00837. The number of halogens is 3. The van der Waals surface area contributed by atoms with Gasteiger partial charge >= 0.3 is 0 Å². The maximum Gasteiger partial charge on any atom is 0.251 e. The first kappa shape index (κ1) is 24.9. The Morgan fingerprint density at radius 3 is 2.64 bits per heavy atom. The van der Waals surface area contributed by atoms with Gasteiger partial charge in [0.2, 0.25) is 0 Å². The van der Waals surface area contributed by atoms with Gasteiger partial charge in [0.15, 0.2) is 0 Å². The molecule has 1 fully saturated rings. The summed E-state index contributed by atoms with van der Waals surface area (Å²) >= 11 is 0. The van der Waals surface area contributed by atoms with Crippen molar-refractivity contribution in [1.82, 2.24) is 4.90 Å². The van der Waals surface area contributed by atoms with E-state index < -0.39 is 5.92 Å². The van der Waals surface area contributed by atoms with Crippen molar-refractivity contribution >= 4 is 5.57 Å². The van der Waals surface area contributed by atoms with Gasteiger partial charge in [-0.25, -0.2) is 8.78 Å². The van der Waals surface area contributed by atoms with E-state index in [4.69, 9.17) is 4.74 Å². The number of rotatable bonds is 7. The van der Waals surface area contributed by atoms with E-state index in [0.29, 0.717) is 12.8 Å². The van der Waals surface area contributed by atoms with Crippen LogP contribution in [0.1, 0.15) is 61.6 Å². The van der Waals surface area contributed by atoms with Gasteiger partial charge in [-0.15, -0.1) is 0 Å². The maximum absolute atomic E-state index is 13.9. The van der Waals surface area contributed by atoms with Gasteiger partial charge in [-0.2, -0.15) is 0 Å². The predicted octanol–water partition coefficient (Wildman–Crippen LogP) is 7.09. The van der Waals surface area contributed by atoms with E-state index in [0.717, 1.165) is 84.5 Å². The standard InChI is InChI=1S/C30H34F3NO2/c31-16-2-17-34-18-13-26(20-34)36-25-8-5-22(6-9-25)29-27(21-11-14-30(32,33)15-12-21)4-1-3-23-19-24(35)7-10-28(23)29/h5-11,19,26,35H,1-4,12-18,20H2/t26-/m0/s1. The summed E-state index contributed by atoms with van der Waals surface area (Å²) in [5.41, 5.74) is 6.41. The third-order valence-electron chi connectivity index (χ3n) is 7.61. The van der Waals surface area contributed by atoms with Crippen molar-refractivity contribution in [3.8, 4) is 11.5 Å². The third kappa shape index (κ3) is 5.64. The molecule has 0 bridgehead atoms. The van der Waals surface area contributed by atoms with Gasteiger partial charge in [-0.05, 0) is 96.2 Å². The van der Waals surface area contributed by atoms with E-state index in [2.05, 4.69) is 17.0 Å². The van der Waals surface area contributed by atoms with Crippen LogP contribution < -0.4 is 4.74 Å². The summed E-state index contributed by atoms with van der Waals surface area (Å²) in [7, 11) is 0. The fourth-order valence-electron chi connectivity index (χ4n) is 5.77. The number of ether oxygens (including phenoxy) is 1. The quantitative estimate of drug-likeness (QED) is 0.443. The number of likely N-dealkylation sites (tertiary alicyclic amines) is 1. The van der Waals surface area contributed by atoms with Crippen molar-refractivity contribution in [3.63, 3.8) is 0 Å². The maximum atomic E-state index is 13.9. The molecule has 1 atom stereocenters. The van der Waals surface area contributed by atoms with E-state index in [1.54, 1.807) is 12.1 Å². The topological polar surface area (TPSA) is 32.7 Å². The van der Waals surface area contributed by atoms with Gasteiger partial charge < -0.3 is 9.84 Å². The van der Waals surface area contributed by atoms with Crippen molar-refractivity contribution < 1.29 is 23.0 Å². The Labute approximate surface area is 211 Å². The molecule has 1 N–H and O–H groups in total. The highest BCUT2D eigenvalue weighted by Gasteiger charge is 2.33. The molecule has 1 heterocycles. The molecule has 2 aliphatic carbocycles. The van der Waals surface area contributed by atoms with Crippen LogP contribution in [0, 0.1) is 0 Å². The first-order chi connectivity index (χ1) is 17.4. The fourth-order valence-corrected chi connectivity index (χ4v) is 5.77. The molecule has 6 heteroatoms. The number of aromatic hydroxyl groups is 1. The molecule has 5 rings (SSSR count). The second kappa shape index (κ2) is 10.7. The molecule has 1 saturated heterocycles. The van der Waals surface area contributed by atoms with E-state index in [9.17, 15) is 18.3 Å². The highest BCUT2D eigenvalue weighted by Crippen LogP contribution is 2.43. The van der Waals surface area contributed by atoms with Crippen LogP contribution in [0.5, 0.6) is 11.5 Å². The van der Waals surface area contributed by atoms with Gasteiger partial charge in [0, 0.05) is 32.5 Å². The molecule has 0 unspecified atom stereocenters. The van der Waals surface area contributed by atoms with Crippen LogP contribution >= 0.6 is 0 Å². The summed E-state index contributed by atoms with van der Waals surface area (Å²) in [6.07, 6.45) is 5.93. The number of phenolic OH excluding ortho intramolecular Hbond substituents is 1. The van der Waals surface area contributed by atoms with E-state index in [1.165, 1.54) is 0 Å². The molecule has 0 radical (unpaired) electrons. The number of aryl methyl sites for hydroxylation is 1. The number of nitrogens with zero attached hydrogens (tertiary/aromatic N) is 1. The molecule has 0 amide bonds. The largest absolute Gasteiger partial charge is 0.508 e. The number of hydrogen-bond donors (Lipinski definition) is 1. The van der Waals surface area contributed by atoms with Gasteiger partial charge in [0.1, 0.15) is 17.6 Å². The van der Waals surface area contributed by atoms with E-state index in [-0.39, 0.29) is 31.4 Å². The van der Waals surface area contributed by atoms with Crippen LogP contribution in [0.15, 0.2) is 59.7 Å². The molecule has 3 nitrogen and oxygen atoms in total. The van der Waals surface area contributed by atoms with Crippen LogP contribution in [0.4, 0.5) is 13.2 Å². The van der Waals surface area contributed by atoms with Crippen molar-refractivity contribution in [2.24, 2.45) is 0 Å². The van der Waals surface area contributed by atoms with Gasteiger partial charge in [-0.3, -0.25) is 9.29 Å². The molecule has 0 aromatic heterocycles. The average molecular weight is 498 g/mol. The van der Waals surface area contributed by atoms with Crippen LogP contribution in [-0.4, -0.2) is 48.3 Å². The highest BCUT2D eigenvalue weighted by atomic mass is 19.3. The van der Waals surface area contributed by atoms with Crippen LogP contribution in [0.3, 0.4) is 0 Å².